The van der Waals surface area contributed by atoms with Crippen molar-refractivity contribution in [2.75, 3.05) is 13.2 Å². The van der Waals surface area contributed by atoms with Crippen molar-refractivity contribution >= 4 is 27.7 Å². The molecule has 0 bridgehead atoms. The van der Waals surface area contributed by atoms with Crippen LogP contribution >= 0.6 is 15.9 Å². The van der Waals surface area contributed by atoms with Gasteiger partial charge in [-0.3, -0.25) is 14.5 Å². The Labute approximate surface area is 105 Å². The lowest BCUT2D eigenvalue weighted by atomic mass is 10.2. The van der Waals surface area contributed by atoms with Gasteiger partial charge in [0.05, 0.1) is 6.54 Å². The molecule has 2 rings (SSSR count). The van der Waals surface area contributed by atoms with Gasteiger partial charge in [-0.2, -0.15) is 0 Å². The predicted molar refractivity (Wildman–Crippen MR) is 60.5 cm³/mol. The average molecular weight is 302 g/mol. The summed E-state index contributed by atoms with van der Waals surface area (Å²) in [7, 11) is 0. The molecule has 0 saturated carbocycles. The number of hydrogen-bond donors (Lipinski definition) is 0. The van der Waals surface area contributed by atoms with E-state index in [1.165, 1.54) is 18.2 Å². The van der Waals surface area contributed by atoms with Gasteiger partial charge in [0.2, 0.25) is 0 Å². The highest BCUT2D eigenvalue weighted by atomic mass is 79.9. The summed E-state index contributed by atoms with van der Waals surface area (Å²) in [6.07, 6.45) is 0. The van der Waals surface area contributed by atoms with Crippen LogP contribution in [-0.4, -0.2) is 29.9 Å². The zero-order valence-electron chi connectivity index (χ0n) is 8.78. The Morgan fingerprint density at radius 1 is 1.29 bits per heavy atom. The number of carbonyl (C=O) groups is 2. The van der Waals surface area contributed by atoms with E-state index in [4.69, 9.17) is 4.74 Å². The Kier molecular flexibility index (Phi) is 3.54. The first kappa shape index (κ1) is 12.2. The molecular weight excluding hydrogens is 293 g/mol. The van der Waals surface area contributed by atoms with Crippen LogP contribution in [0.1, 0.15) is 5.56 Å². The lowest BCUT2D eigenvalue weighted by Gasteiger charge is -2.25. The molecule has 1 aromatic rings. The van der Waals surface area contributed by atoms with Crippen molar-refractivity contribution in [3.63, 3.8) is 0 Å². The van der Waals surface area contributed by atoms with Crippen LogP contribution < -0.4 is 0 Å². The molecule has 1 saturated heterocycles. The maximum Gasteiger partial charge on any atom is 0.255 e. The molecule has 17 heavy (non-hydrogen) atoms. The molecule has 0 atom stereocenters. The molecule has 1 heterocycles. The summed E-state index contributed by atoms with van der Waals surface area (Å²) in [5.74, 6) is -1.13. The normalized spacial score (nSPS) is 16.5. The summed E-state index contributed by atoms with van der Waals surface area (Å²) in [4.78, 5) is 24.1. The van der Waals surface area contributed by atoms with Gasteiger partial charge in [0.1, 0.15) is 19.0 Å². The van der Waals surface area contributed by atoms with Crippen molar-refractivity contribution in [3.05, 3.63) is 34.1 Å². The number of benzene rings is 1. The van der Waals surface area contributed by atoms with E-state index in [2.05, 4.69) is 15.9 Å². The minimum Gasteiger partial charge on any atom is -0.362 e. The average Bonchev–Trinajstić information content (AvgIpc) is 2.26. The van der Waals surface area contributed by atoms with Crippen LogP contribution in [0.25, 0.3) is 0 Å². The molecule has 1 aromatic carbocycles. The zero-order chi connectivity index (χ0) is 12.4. The monoisotopic (exact) mass is 301 g/mol. The second kappa shape index (κ2) is 4.93. The first-order chi connectivity index (χ1) is 8.08. The molecule has 6 heteroatoms. The molecule has 1 fully saturated rings. The second-order valence-corrected chi connectivity index (χ2v) is 4.46. The van der Waals surface area contributed by atoms with E-state index in [1.807, 2.05) is 0 Å². The Hall–Kier alpha value is -1.27. The minimum absolute atomic E-state index is 0.0927. The van der Waals surface area contributed by atoms with Gasteiger partial charge in [0, 0.05) is 4.47 Å². The number of ether oxygens (including phenoxy) is 1. The van der Waals surface area contributed by atoms with Crippen LogP contribution in [0.15, 0.2) is 22.7 Å². The van der Waals surface area contributed by atoms with Crippen LogP contribution in [-0.2, 0) is 20.9 Å². The molecule has 1 aliphatic rings. The van der Waals surface area contributed by atoms with E-state index in [0.717, 1.165) is 4.90 Å². The first-order valence-electron chi connectivity index (χ1n) is 4.93. The summed E-state index contributed by atoms with van der Waals surface area (Å²) in [5, 5.41) is 0. The third kappa shape index (κ3) is 2.70. The Bertz CT molecular complexity index is 462. The van der Waals surface area contributed by atoms with Crippen molar-refractivity contribution in [3.8, 4) is 0 Å². The van der Waals surface area contributed by atoms with E-state index in [-0.39, 0.29) is 37.4 Å². The quantitative estimate of drug-likeness (QED) is 0.777. The minimum atomic E-state index is -0.377. The van der Waals surface area contributed by atoms with Crippen molar-refractivity contribution < 1.29 is 18.7 Å². The second-order valence-electron chi connectivity index (χ2n) is 3.60. The molecule has 4 nitrogen and oxygen atoms in total. The third-order valence-electron chi connectivity index (χ3n) is 2.40. The lowest BCUT2D eigenvalue weighted by Crippen LogP contribution is -2.45. The number of morpholine rings is 1. The fourth-order valence-corrected chi connectivity index (χ4v) is 1.99. The zero-order valence-corrected chi connectivity index (χ0v) is 10.4. The Morgan fingerprint density at radius 2 is 1.94 bits per heavy atom. The van der Waals surface area contributed by atoms with Gasteiger partial charge < -0.3 is 4.74 Å². The maximum atomic E-state index is 12.9. The van der Waals surface area contributed by atoms with E-state index in [9.17, 15) is 14.0 Å². The van der Waals surface area contributed by atoms with Crippen molar-refractivity contribution in [1.82, 2.24) is 4.90 Å². The molecule has 0 spiro atoms. The van der Waals surface area contributed by atoms with Crippen molar-refractivity contribution in [2.45, 2.75) is 6.54 Å². The van der Waals surface area contributed by atoms with E-state index in [0.29, 0.717) is 10.0 Å². The van der Waals surface area contributed by atoms with Crippen molar-refractivity contribution in [1.29, 1.82) is 0 Å². The highest BCUT2D eigenvalue weighted by molar-refractivity contribution is 9.10. The topological polar surface area (TPSA) is 46.6 Å². The van der Waals surface area contributed by atoms with Gasteiger partial charge in [-0.05, 0) is 17.7 Å². The first-order valence-corrected chi connectivity index (χ1v) is 5.72. The number of imide groups is 1. The maximum absolute atomic E-state index is 12.9. The summed E-state index contributed by atoms with van der Waals surface area (Å²) >= 11 is 3.19. The van der Waals surface area contributed by atoms with Gasteiger partial charge >= 0.3 is 0 Å². The van der Waals surface area contributed by atoms with E-state index in [1.54, 1.807) is 0 Å². The fourth-order valence-electron chi connectivity index (χ4n) is 1.52. The summed E-state index contributed by atoms with van der Waals surface area (Å²) in [5.41, 5.74) is 0.676. The largest absolute Gasteiger partial charge is 0.362 e. The fraction of sp³-hybridized carbons (Fsp3) is 0.273. The molecule has 2 amide bonds. The molecule has 90 valence electrons. The van der Waals surface area contributed by atoms with Crippen LogP contribution in [0.2, 0.25) is 0 Å². The molecule has 0 unspecified atom stereocenters. The van der Waals surface area contributed by atoms with Gasteiger partial charge in [-0.15, -0.1) is 0 Å². The highest BCUT2D eigenvalue weighted by Gasteiger charge is 2.27. The van der Waals surface area contributed by atoms with Crippen LogP contribution in [0.5, 0.6) is 0 Å². The standard InChI is InChI=1S/C11H9BrFNO3/c12-9-3-8(13)2-1-7(9)4-14-10(15)5-17-6-11(14)16/h1-3H,4-6H2. The van der Waals surface area contributed by atoms with Crippen LogP contribution in [0.4, 0.5) is 4.39 Å². The molecule has 0 aliphatic carbocycles. The number of nitrogens with zero attached hydrogens (tertiary/aromatic N) is 1. The molecule has 0 radical (unpaired) electrons. The number of rotatable bonds is 2. The van der Waals surface area contributed by atoms with Crippen molar-refractivity contribution in [2.24, 2.45) is 0 Å². The van der Waals surface area contributed by atoms with E-state index >= 15 is 0 Å². The SMILES string of the molecule is O=C1COCC(=O)N1Cc1ccc(F)cc1Br. The summed E-state index contributed by atoms with van der Waals surface area (Å²) in [6.45, 7) is -0.0585. The van der Waals surface area contributed by atoms with Crippen LogP contribution in [0.3, 0.4) is 0 Å². The molecule has 0 N–H and O–H groups in total. The number of carbonyl (C=O) groups excluding carboxylic acids is 2. The molecular formula is C11H9BrFNO3. The van der Waals surface area contributed by atoms with Crippen LogP contribution in [0, 0.1) is 5.82 Å². The number of amides is 2. The molecule has 0 aromatic heterocycles. The lowest BCUT2D eigenvalue weighted by molar-refractivity contribution is -0.159. The highest BCUT2D eigenvalue weighted by Crippen LogP contribution is 2.20. The Balaban J connectivity index is 2.19. The van der Waals surface area contributed by atoms with Gasteiger partial charge in [-0.25, -0.2) is 4.39 Å². The van der Waals surface area contributed by atoms with Gasteiger partial charge in [-0.1, -0.05) is 22.0 Å². The number of hydrogen-bond acceptors (Lipinski definition) is 3. The van der Waals surface area contributed by atoms with E-state index < -0.39 is 0 Å². The predicted octanol–water partition coefficient (Wildman–Crippen LogP) is 1.47. The third-order valence-corrected chi connectivity index (χ3v) is 3.13. The van der Waals surface area contributed by atoms with Gasteiger partial charge in [0.15, 0.2) is 0 Å². The Morgan fingerprint density at radius 3 is 2.53 bits per heavy atom. The summed E-state index contributed by atoms with van der Waals surface area (Å²) in [6, 6.07) is 4.12. The smallest absolute Gasteiger partial charge is 0.255 e. The summed E-state index contributed by atoms with van der Waals surface area (Å²) < 4.78 is 18.2. The van der Waals surface area contributed by atoms with Gasteiger partial charge in [0.25, 0.3) is 11.8 Å². The number of halogens is 2. The molecule has 1 aliphatic heterocycles.